The molecule has 3 rings (SSSR count). The van der Waals surface area contributed by atoms with Crippen molar-refractivity contribution in [3.05, 3.63) is 41.0 Å². The number of carboxylic acids is 1. The molecule has 0 radical (unpaired) electrons. The monoisotopic (exact) mass is 348 g/mol. The standard InChI is InChI=1S/C17H17ClN2O4/c1-10-6-7-11(17(22)23)9-20(10)16(21)14-8-15(24-19-14)12-4-2-3-5-13(12)18/h2-5,8,10-11H,6-7,9H2,1H3,(H,22,23). The van der Waals surface area contributed by atoms with Crippen LogP contribution in [-0.2, 0) is 4.79 Å². The summed E-state index contributed by atoms with van der Waals surface area (Å²) in [5.74, 6) is -1.34. The first-order valence-electron chi connectivity index (χ1n) is 7.72. The number of likely N-dealkylation sites (tertiary alicyclic amines) is 1. The summed E-state index contributed by atoms with van der Waals surface area (Å²) in [5.41, 5.74) is 0.809. The maximum atomic E-state index is 12.7. The molecule has 1 N–H and O–H groups in total. The van der Waals surface area contributed by atoms with Gasteiger partial charge in [-0.3, -0.25) is 9.59 Å². The number of hydrogen-bond donors (Lipinski definition) is 1. The van der Waals surface area contributed by atoms with E-state index in [1.54, 1.807) is 29.2 Å². The van der Waals surface area contributed by atoms with Gasteiger partial charge in [-0.2, -0.15) is 0 Å². The first kappa shape index (κ1) is 16.5. The third kappa shape index (κ3) is 3.14. The van der Waals surface area contributed by atoms with Gasteiger partial charge in [0.25, 0.3) is 5.91 Å². The predicted molar refractivity (Wildman–Crippen MR) is 87.8 cm³/mol. The SMILES string of the molecule is CC1CCC(C(=O)O)CN1C(=O)c1cc(-c2ccccc2Cl)on1. The maximum Gasteiger partial charge on any atom is 0.308 e. The van der Waals surface area contributed by atoms with Gasteiger partial charge in [0.1, 0.15) is 0 Å². The van der Waals surface area contributed by atoms with E-state index in [1.165, 1.54) is 0 Å². The lowest BCUT2D eigenvalue weighted by atomic mass is 9.93. The number of aromatic nitrogens is 1. The van der Waals surface area contributed by atoms with Gasteiger partial charge < -0.3 is 14.5 Å². The normalized spacial score (nSPS) is 20.8. The molecule has 24 heavy (non-hydrogen) atoms. The van der Waals surface area contributed by atoms with Gasteiger partial charge in [-0.25, -0.2) is 0 Å². The van der Waals surface area contributed by atoms with Crippen molar-refractivity contribution < 1.29 is 19.2 Å². The first-order valence-corrected chi connectivity index (χ1v) is 8.10. The van der Waals surface area contributed by atoms with Crippen LogP contribution in [0.3, 0.4) is 0 Å². The third-order valence-electron chi connectivity index (χ3n) is 4.36. The summed E-state index contributed by atoms with van der Waals surface area (Å²) in [4.78, 5) is 25.4. The van der Waals surface area contributed by atoms with E-state index in [1.807, 2.05) is 13.0 Å². The minimum atomic E-state index is -0.878. The van der Waals surface area contributed by atoms with E-state index in [4.69, 9.17) is 16.1 Å². The molecule has 2 unspecified atom stereocenters. The number of nitrogens with zero attached hydrogens (tertiary/aromatic N) is 2. The summed E-state index contributed by atoms with van der Waals surface area (Å²) in [6, 6.07) is 8.63. The highest BCUT2D eigenvalue weighted by Gasteiger charge is 2.34. The number of piperidine rings is 1. The Morgan fingerprint density at radius 1 is 1.33 bits per heavy atom. The Hall–Kier alpha value is -2.34. The van der Waals surface area contributed by atoms with Gasteiger partial charge in [0.2, 0.25) is 0 Å². The van der Waals surface area contributed by atoms with Crippen LogP contribution < -0.4 is 0 Å². The smallest absolute Gasteiger partial charge is 0.308 e. The van der Waals surface area contributed by atoms with Gasteiger partial charge in [-0.15, -0.1) is 0 Å². The van der Waals surface area contributed by atoms with Gasteiger partial charge in [0.05, 0.1) is 10.9 Å². The minimum absolute atomic E-state index is 0.0337. The summed E-state index contributed by atoms with van der Waals surface area (Å²) in [7, 11) is 0. The molecule has 126 valence electrons. The van der Waals surface area contributed by atoms with E-state index in [2.05, 4.69) is 5.16 Å². The molecule has 2 heterocycles. The molecular weight excluding hydrogens is 332 g/mol. The Labute approximate surface area is 144 Å². The number of carbonyl (C=O) groups excluding carboxylic acids is 1. The molecule has 1 fully saturated rings. The van der Waals surface area contributed by atoms with E-state index < -0.39 is 11.9 Å². The fourth-order valence-corrected chi connectivity index (χ4v) is 3.13. The number of amides is 1. The zero-order valence-corrected chi connectivity index (χ0v) is 13.9. The van der Waals surface area contributed by atoms with Crippen molar-refractivity contribution >= 4 is 23.5 Å². The van der Waals surface area contributed by atoms with Gasteiger partial charge in [-0.05, 0) is 31.9 Å². The van der Waals surface area contributed by atoms with Crippen LogP contribution in [0.2, 0.25) is 5.02 Å². The maximum absolute atomic E-state index is 12.7. The van der Waals surface area contributed by atoms with Crippen molar-refractivity contribution in [2.45, 2.75) is 25.8 Å². The number of halogens is 1. The highest BCUT2D eigenvalue weighted by atomic mass is 35.5. The Kier molecular flexibility index (Phi) is 4.57. The lowest BCUT2D eigenvalue weighted by Crippen LogP contribution is -2.47. The van der Waals surface area contributed by atoms with Crippen molar-refractivity contribution in [3.63, 3.8) is 0 Å². The molecule has 1 saturated heterocycles. The molecule has 1 aliphatic heterocycles. The number of carboxylic acid groups (broad SMARTS) is 1. The molecule has 2 aromatic rings. The molecule has 2 atom stereocenters. The van der Waals surface area contributed by atoms with E-state index in [0.29, 0.717) is 29.2 Å². The van der Waals surface area contributed by atoms with E-state index in [-0.39, 0.29) is 24.2 Å². The van der Waals surface area contributed by atoms with E-state index in [0.717, 1.165) is 0 Å². The van der Waals surface area contributed by atoms with Gasteiger partial charge in [0, 0.05) is 24.2 Å². The van der Waals surface area contributed by atoms with Gasteiger partial charge in [0.15, 0.2) is 11.5 Å². The van der Waals surface area contributed by atoms with Crippen LogP contribution in [0.1, 0.15) is 30.3 Å². The van der Waals surface area contributed by atoms with Crippen LogP contribution in [-0.4, -0.2) is 39.6 Å². The molecule has 1 aromatic carbocycles. The molecule has 0 aliphatic carbocycles. The average molecular weight is 349 g/mol. The Balaban J connectivity index is 1.83. The zero-order chi connectivity index (χ0) is 17.3. The van der Waals surface area contributed by atoms with Crippen LogP contribution in [0.4, 0.5) is 0 Å². The molecular formula is C17H17ClN2O4. The van der Waals surface area contributed by atoms with Gasteiger partial charge in [-0.1, -0.05) is 28.9 Å². The summed E-state index contributed by atoms with van der Waals surface area (Å²) >= 11 is 6.13. The van der Waals surface area contributed by atoms with E-state index in [9.17, 15) is 14.7 Å². The van der Waals surface area contributed by atoms with Crippen LogP contribution in [0.5, 0.6) is 0 Å². The fraction of sp³-hybridized carbons (Fsp3) is 0.353. The molecule has 0 saturated carbocycles. The van der Waals surface area contributed by atoms with Crippen molar-refractivity contribution in [1.82, 2.24) is 10.1 Å². The summed E-state index contributed by atoms with van der Waals surface area (Å²) in [6.45, 7) is 2.09. The molecule has 1 amide bonds. The summed E-state index contributed by atoms with van der Waals surface area (Å²) in [6.07, 6.45) is 1.22. The predicted octanol–water partition coefficient (Wildman–Crippen LogP) is 3.32. The summed E-state index contributed by atoms with van der Waals surface area (Å²) < 4.78 is 5.25. The van der Waals surface area contributed by atoms with Gasteiger partial charge >= 0.3 is 5.97 Å². The number of aliphatic carboxylic acids is 1. The molecule has 0 bridgehead atoms. The third-order valence-corrected chi connectivity index (χ3v) is 4.69. The number of carbonyl (C=O) groups is 2. The molecule has 7 heteroatoms. The summed E-state index contributed by atoms with van der Waals surface area (Å²) in [5, 5.41) is 13.5. The first-order chi connectivity index (χ1) is 11.5. The number of rotatable bonds is 3. The largest absolute Gasteiger partial charge is 0.481 e. The molecule has 1 aliphatic rings. The van der Waals surface area contributed by atoms with Crippen molar-refractivity contribution in [2.24, 2.45) is 5.92 Å². The Morgan fingerprint density at radius 2 is 2.08 bits per heavy atom. The Bertz CT molecular complexity index is 773. The van der Waals surface area contributed by atoms with Crippen LogP contribution in [0, 0.1) is 5.92 Å². The second-order valence-electron chi connectivity index (χ2n) is 5.98. The topological polar surface area (TPSA) is 83.6 Å². The van der Waals surface area contributed by atoms with Crippen molar-refractivity contribution in [3.8, 4) is 11.3 Å². The average Bonchev–Trinajstić information content (AvgIpc) is 3.04. The Morgan fingerprint density at radius 3 is 2.79 bits per heavy atom. The minimum Gasteiger partial charge on any atom is -0.481 e. The number of hydrogen-bond acceptors (Lipinski definition) is 4. The van der Waals surface area contributed by atoms with E-state index >= 15 is 0 Å². The van der Waals surface area contributed by atoms with Crippen molar-refractivity contribution in [1.29, 1.82) is 0 Å². The highest BCUT2D eigenvalue weighted by molar-refractivity contribution is 6.33. The lowest BCUT2D eigenvalue weighted by Gasteiger charge is -2.35. The van der Waals surface area contributed by atoms with Crippen molar-refractivity contribution in [2.75, 3.05) is 6.54 Å². The molecule has 1 aromatic heterocycles. The van der Waals surface area contributed by atoms with Crippen LogP contribution in [0.25, 0.3) is 11.3 Å². The zero-order valence-electron chi connectivity index (χ0n) is 13.1. The second kappa shape index (κ2) is 6.65. The lowest BCUT2D eigenvalue weighted by molar-refractivity contribution is -0.143. The highest BCUT2D eigenvalue weighted by Crippen LogP contribution is 2.29. The quantitative estimate of drug-likeness (QED) is 0.919. The fourth-order valence-electron chi connectivity index (χ4n) is 2.90. The molecule has 0 spiro atoms. The second-order valence-corrected chi connectivity index (χ2v) is 6.38. The number of benzene rings is 1. The molecule has 6 nitrogen and oxygen atoms in total. The van der Waals surface area contributed by atoms with Crippen LogP contribution >= 0.6 is 11.6 Å². The van der Waals surface area contributed by atoms with Crippen LogP contribution in [0.15, 0.2) is 34.9 Å².